The van der Waals surface area contributed by atoms with E-state index < -0.39 is 0 Å². The molecule has 1 unspecified atom stereocenters. The summed E-state index contributed by atoms with van der Waals surface area (Å²) in [4.78, 5) is 8.77. The first-order valence-corrected chi connectivity index (χ1v) is 8.17. The third-order valence-corrected chi connectivity index (χ3v) is 5.91. The first-order valence-electron chi connectivity index (χ1n) is 6.48. The molecule has 1 aliphatic carbocycles. The predicted octanol–water partition coefficient (Wildman–Crippen LogP) is 3.85. The molecule has 96 valence electrons. The molecular weight excluding hydrogens is 260 g/mol. The Hall–Kier alpha value is -0.710. The van der Waals surface area contributed by atoms with Crippen molar-refractivity contribution in [3.8, 4) is 0 Å². The molecule has 0 bridgehead atoms. The largest absolute Gasteiger partial charge is 0.304 e. The fraction of sp³-hybridized carbons (Fsp3) is 0.500. The van der Waals surface area contributed by atoms with E-state index in [1.807, 2.05) is 16.8 Å². The Morgan fingerprint density at radius 1 is 1.44 bits per heavy atom. The van der Waals surface area contributed by atoms with Crippen molar-refractivity contribution in [2.24, 2.45) is 0 Å². The van der Waals surface area contributed by atoms with Gasteiger partial charge in [0.25, 0.3) is 0 Å². The van der Waals surface area contributed by atoms with E-state index in [2.05, 4.69) is 30.2 Å². The maximum absolute atomic E-state index is 4.31. The van der Waals surface area contributed by atoms with Gasteiger partial charge in [0.2, 0.25) is 0 Å². The van der Waals surface area contributed by atoms with Gasteiger partial charge >= 0.3 is 0 Å². The molecule has 0 amide bonds. The number of aryl methyl sites for hydroxylation is 3. The number of nitrogens with one attached hydrogen (secondary N) is 1. The molecular formula is C14H18N2S2. The summed E-state index contributed by atoms with van der Waals surface area (Å²) >= 11 is 3.74. The molecule has 0 aliphatic heterocycles. The molecule has 3 rings (SSSR count). The minimum Gasteiger partial charge on any atom is -0.304 e. The number of hydrogen-bond donors (Lipinski definition) is 1. The van der Waals surface area contributed by atoms with Crippen molar-refractivity contribution in [2.75, 3.05) is 0 Å². The Morgan fingerprint density at radius 2 is 2.33 bits per heavy atom. The average molecular weight is 278 g/mol. The average Bonchev–Trinajstić information content (AvgIpc) is 3.00. The number of thiazole rings is 1. The Kier molecular flexibility index (Phi) is 3.50. The van der Waals surface area contributed by atoms with Crippen molar-refractivity contribution in [2.45, 2.75) is 45.7 Å². The fourth-order valence-electron chi connectivity index (χ4n) is 2.55. The minimum absolute atomic E-state index is 0.398. The van der Waals surface area contributed by atoms with E-state index in [4.69, 9.17) is 0 Å². The normalized spacial score (nSPS) is 15.9. The molecule has 4 heteroatoms. The first-order chi connectivity index (χ1) is 8.74. The van der Waals surface area contributed by atoms with Crippen LogP contribution in [0.1, 0.15) is 45.3 Å². The summed E-state index contributed by atoms with van der Waals surface area (Å²) < 4.78 is 0. The van der Waals surface area contributed by atoms with E-state index in [1.165, 1.54) is 29.0 Å². The van der Waals surface area contributed by atoms with Crippen molar-refractivity contribution >= 4 is 22.7 Å². The molecule has 0 radical (unpaired) electrons. The summed E-state index contributed by atoms with van der Waals surface area (Å²) in [6, 6.07) is 2.79. The van der Waals surface area contributed by atoms with Gasteiger partial charge in [-0.2, -0.15) is 0 Å². The summed E-state index contributed by atoms with van der Waals surface area (Å²) in [6.45, 7) is 5.29. The topological polar surface area (TPSA) is 24.9 Å². The SMILES string of the molecule is Cc1ncsc1C(C)NCc1cc2c(s1)CCC2. The molecule has 2 aromatic rings. The van der Waals surface area contributed by atoms with Gasteiger partial charge in [-0.25, -0.2) is 4.98 Å². The van der Waals surface area contributed by atoms with Gasteiger partial charge in [0.15, 0.2) is 0 Å². The van der Waals surface area contributed by atoms with Gasteiger partial charge in [-0.05, 0) is 44.7 Å². The highest BCUT2D eigenvalue weighted by Crippen LogP contribution is 2.31. The minimum atomic E-state index is 0.398. The van der Waals surface area contributed by atoms with E-state index in [0.29, 0.717) is 6.04 Å². The van der Waals surface area contributed by atoms with Crippen LogP contribution in [0.25, 0.3) is 0 Å². The Morgan fingerprint density at radius 3 is 3.06 bits per heavy atom. The van der Waals surface area contributed by atoms with Gasteiger partial charge in [0.1, 0.15) is 0 Å². The monoisotopic (exact) mass is 278 g/mol. The van der Waals surface area contributed by atoms with Gasteiger partial charge < -0.3 is 5.32 Å². The van der Waals surface area contributed by atoms with Crippen LogP contribution in [-0.2, 0) is 19.4 Å². The van der Waals surface area contributed by atoms with E-state index in [9.17, 15) is 0 Å². The molecule has 2 nitrogen and oxygen atoms in total. The number of rotatable bonds is 4. The second-order valence-corrected chi connectivity index (χ2v) is 7.03. The lowest BCUT2D eigenvalue weighted by atomic mass is 10.2. The third kappa shape index (κ3) is 2.37. The number of hydrogen-bond acceptors (Lipinski definition) is 4. The van der Waals surface area contributed by atoms with Crippen LogP contribution in [0.5, 0.6) is 0 Å². The zero-order chi connectivity index (χ0) is 12.5. The molecule has 0 saturated carbocycles. The summed E-state index contributed by atoms with van der Waals surface area (Å²) in [5.41, 5.74) is 4.69. The van der Waals surface area contributed by atoms with Crippen LogP contribution in [0.4, 0.5) is 0 Å². The zero-order valence-electron chi connectivity index (χ0n) is 10.8. The molecule has 1 aliphatic rings. The Bertz CT molecular complexity index is 520. The van der Waals surface area contributed by atoms with E-state index >= 15 is 0 Å². The number of fused-ring (bicyclic) bond motifs is 1. The van der Waals surface area contributed by atoms with Gasteiger partial charge in [0, 0.05) is 27.2 Å². The highest BCUT2D eigenvalue weighted by molar-refractivity contribution is 7.12. The zero-order valence-corrected chi connectivity index (χ0v) is 12.5. The van der Waals surface area contributed by atoms with Crippen LogP contribution in [0.3, 0.4) is 0 Å². The number of nitrogens with zero attached hydrogens (tertiary/aromatic N) is 1. The summed E-state index contributed by atoms with van der Waals surface area (Å²) in [6.07, 6.45) is 3.93. The third-order valence-electron chi connectivity index (χ3n) is 3.56. The Labute approximate surface area is 116 Å². The lowest BCUT2D eigenvalue weighted by Crippen LogP contribution is -2.17. The predicted molar refractivity (Wildman–Crippen MR) is 78.4 cm³/mol. The highest BCUT2D eigenvalue weighted by atomic mass is 32.1. The molecule has 2 aromatic heterocycles. The second kappa shape index (κ2) is 5.11. The standard InChI is InChI=1S/C14H18N2S2/c1-9(14-10(2)16-8-17-14)15-7-12-6-11-4-3-5-13(11)18-12/h6,8-9,15H,3-5,7H2,1-2H3. The first kappa shape index (κ1) is 12.3. The van der Waals surface area contributed by atoms with Crippen molar-refractivity contribution in [3.63, 3.8) is 0 Å². The lowest BCUT2D eigenvalue weighted by molar-refractivity contribution is 0.583. The summed E-state index contributed by atoms with van der Waals surface area (Å²) in [7, 11) is 0. The lowest BCUT2D eigenvalue weighted by Gasteiger charge is -2.11. The van der Waals surface area contributed by atoms with Crippen molar-refractivity contribution < 1.29 is 0 Å². The number of aromatic nitrogens is 1. The van der Waals surface area contributed by atoms with Gasteiger partial charge in [-0.15, -0.1) is 22.7 Å². The van der Waals surface area contributed by atoms with Gasteiger partial charge in [0.05, 0.1) is 11.2 Å². The molecule has 1 N–H and O–H groups in total. The molecule has 0 aromatic carbocycles. The van der Waals surface area contributed by atoms with Gasteiger partial charge in [-0.1, -0.05) is 0 Å². The van der Waals surface area contributed by atoms with Crippen molar-refractivity contribution in [1.82, 2.24) is 10.3 Å². The van der Waals surface area contributed by atoms with Crippen LogP contribution >= 0.6 is 22.7 Å². The smallest absolute Gasteiger partial charge is 0.0798 e. The van der Waals surface area contributed by atoms with Crippen molar-refractivity contribution in [1.29, 1.82) is 0 Å². The van der Waals surface area contributed by atoms with E-state index in [1.54, 1.807) is 21.8 Å². The highest BCUT2D eigenvalue weighted by Gasteiger charge is 2.16. The molecule has 18 heavy (non-hydrogen) atoms. The molecule has 0 saturated heterocycles. The van der Waals surface area contributed by atoms with E-state index in [-0.39, 0.29) is 0 Å². The summed E-state index contributed by atoms with van der Waals surface area (Å²) in [5.74, 6) is 0. The summed E-state index contributed by atoms with van der Waals surface area (Å²) in [5, 5.41) is 3.61. The molecule has 0 fully saturated rings. The van der Waals surface area contributed by atoms with Crippen LogP contribution in [0.2, 0.25) is 0 Å². The maximum Gasteiger partial charge on any atom is 0.0798 e. The van der Waals surface area contributed by atoms with Crippen LogP contribution < -0.4 is 5.32 Å². The second-order valence-electron chi connectivity index (χ2n) is 4.92. The number of thiophene rings is 1. The van der Waals surface area contributed by atoms with Crippen molar-refractivity contribution in [3.05, 3.63) is 37.5 Å². The quantitative estimate of drug-likeness (QED) is 0.919. The maximum atomic E-state index is 4.31. The molecule has 1 atom stereocenters. The van der Waals surface area contributed by atoms with Crippen LogP contribution in [-0.4, -0.2) is 4.98 Å². The van der Waals surface area contributed by atoms with Crippen LogP contribution in [0, 0.1) is 6.92 Å². The molecule has 0 spiro atoms. The fourth-order valence-corrected chi connectivity index (χ4v) is 4.60. The molecule has 2 heterocycles. The van der Waals surface area contributed by atoms with E-state index in [0.717, 1.165) is 12.2 Å². The van der Waals surface area contributed by atoms with Crippen LogP contribution in [0.15, 0.2) is 11.6 Å². The van der Waals surface area contributed by atoms with Gasteiger partial charge in [-0.3, -0.25) is 0 Å². The Balaban J connectivity index is 1.62.